The van der Waals surface area contributed by atoms with E-state index in [1.54, 1.807) is 6.33 Å². The highest BCUT2D eigenvalue weighted by Gasteiger charge is 2.16. The Morgan fingerprint density at radius 2 is 2.28 bits per heavy atom. The molecule has 0 saturated heterocycles. The Morgan fingerprint density at radius 3 is 2.94 bits per heavy atom. The third-order valence-corrected chi connectivity index (χ3v) is 3.54. The van der Waals surface area contributed by atoms with Crippen LogP contribution in [0.25, 0.3) is 0 Å². The van der Waals surface area contributed by atoms with Gasteiger partial charge in [-0.25, -0.2) is 9.97 Å². The minimum Gasteiger partial charge on any atom is -0.370 e. The van der Waals surface area contributed by atoms with Gasteiger partial charge in [-0.2, -0.15) is 0 Å². The molecule has 3 N–H and O–H groups in total. The van der Waals surface area contributed by atoms with Crippen molar-refractivity contribution in [2.24, 2.45) is 11.7 Å². The molecule has 0 aromatic carbocycles. The third-order valence-electron chi connectivity index (χ3n) is 3.54. The number of nitrogens with zero attached hydrogens (tertiary/aromatic N) is 3. The summed E-state index contributed by atoms with van der Waals surface area (Å²) < 4.78 is 0. The average molecular weight is 249 g/mol. The molecule has 5 heteroatoms. The number of nitrogens with two attached hydrogens (primary N) is 1. The Morgan fingerprint density at radius 1 is 1.44 bits per heavy atom. The number of rotatable bonds is 7. The van der Waals surface area contributed by atoms with Gasteiger partial charge in [0.2, 0.25) is 0 Å². The Kier molecular flexibility index (Phi) is 4.75. The highest BCUT2D eigenvalue weighted by atomic mass is 15.2. The molecule has 5 nitrogen and oxygen atoms in total. The minimum absolute atomic E-state index is 0.711. The molecule has 0 aliphatic heterocycles. The Hall–Kier alpha value is -1.36. The maximum Gasteiger partial charge on any atom is 0.133 e. The fourth-order valence-electron chi connectivity index (χ4n) is 2.04. The molecule has 0 spiro atoms. The zero-order valence-corrected chi connectivity index (χ0v) is 11.1. The summed E-state index contributed by atoms with van der Waals surface area (Å²) in [5.41, 5.74) is 5.52. The second kappa shape index (κ2) is 6.54. The fraction of sp³-hybridized carbons (Fsp3) is 0.692. The van der Waals surface area contributed by atoms with E-state index in [2.05, 4.69) is 20.2 Å². The van der Waals surface area contributed by atoms with Crippen molar-refractivity contribution < 1.29 is 0 Å². The first-order chi connectivity index (χ1) is 8.79. The molecule has 1 fully saturated rings. The molecular formula is C13H23N5. The molecule has 100 valence electrons. The van der Waals surface area contributed by atoms with E-state index >= 15 is 0 Å². The number of nitrogens with one attached hydrogen (secondary N) is 1. The van der Waals surface area contributed by atoms with Crippen LogP contribution >= 0.6 is 0 Å². The van der Waals surface area contributed by atoms with Crippen LogP contribution in [0.5, 0.6) is 0 Å². The monoisotopic (exact) mass is 249 g/mol. The summed E-state index contributed by atoms with van der Waals surface area (Å²) in [4.78, 5) is 10.7. The normalized spacial score (nSPS) is 15.2. The van der Waals surface area contributed by atoms with Gasteiger partial charge in [0.25, 0.3) is 0 Å². The SMILES string of the molecule is CN(CCCN)c1cc(NCC2CCC2)ncn1. The topological polar surface area (TPSA) is 67.1 Å². The first kappa shape index (κ1) is 13.1. The van der Waals surface area contributed by atoms with Gasteiger partial charge in [0, 0.05) is 26.2 Å². The lowest BCUT2D eigenvalue weighted by Crippen LogP contribution is -2.23. The van der Waals surface area contributed by atoms with Crippen molar-refractivity contribution in [2.75, 3.05) is 36.9 Å². The first-order valence-corrected chi connectivity index (χ1v) is 6.76. The first-order valence-electron chi connectivity index (χ1n) is 6.76. The zero-order chi connectivity index (χ0) is 12.8. The molecule has 0 unspecified atom stereocenters. The lowest BCUT2D eigenvalue weighted by atomic mass is 9.85. The smallest absolute Gasteiger partial charge is 0.133 e. The van der Waals surface area contributed by atoms with Gasteiger partial charge in [-0.3, -0.25) is 0 Å². The van der Waals surface area contributed by atoms with Gasteiger partial charge in [-0.05, 0) is 31.7 Å². The second-order valence-electron chi connectivity index (χ2n) is 5.00. The highest BCUT2D eigenvalue weighted by molar-refractivity contribution is 5.47. The van der Waals surface area contributed by atoms with E-state index in [4.69, 9.17) is 5.73 Å². The summed E-state index contributed by atoms with van der Waals surface area (Å²) in [5, 5.41) is 3.40. The highest BCUT2D eigenvalue weighted by Crippen LogP contribution is 2.26. The predicted octanol–water partition coefficient (Wildman–Crippen LogP) is 1.47. The lowest BCUT2D eigenvalue weighted by molar-refractivity contribution is 0.333. The summed E-state index contributed by atoms with van der Waals surface area (Å²) in [6.07, 6.45) is 6.68. The van der Waals surface area contributed by atoms with E-state index < -0.39 is 0 Å². The van der Waals surface area contributed by atoms with Crippen molar-refractivity contribution in [3.63, 3.8) is 0 Å². The minimum atomic E-state index is 0.711. The molecule has 0 amide bonds. The van der Waals surface area contributed by atoms with Crippen LogP contribution < -0.4 is 16.0 Å². The number of anilines is 2. The van der Waals surface area contributed by atoms with Crippen LogP contribution in [0.2, 0.25) is 0 Å². The number of hydrogen-bond acceptors (Lipinski definition) is 5. The molecule has 1 heterocycles. The summed E-state index contributed by atoms with van der Waals surface area (Å²) in [6.45, 7) is 2.67. The molecule has 0 radical (unpaired) electrons. The Bertz CT molecular complexity index is 364. The van der Waals surface area contributed by atoms with Gasteiger partial charge in [-0.15, -0.1) is 0 Å². The standard InChI is InChI=1S/C13H23N5/c1-18(7-3-6-14)13-8-12(16-10-17-13)15-9-11-4-2-5-11/h8,10-11H,2-7,9,14H2,1H3,(H,15,16,17). The van der Waals surface area contributed by atoms with Crippen LogP contribution in [-0.4, -0.2) is 36.6 Å². The molecule has 0 bridgehead atoms. The van der Waals surface area contributed by atoms with Crippen molar-refractivity contribution in [2.45, 2.75) is 25.7 Å². The van der Waals surface area contributed by atoms with Gasteiger partial charge < -0.3 is 16.0 Å². The van der Waals surface area contributed by atoms with Crippen LogP contribution in [0, 0.1) is 5.92 Å². The number of hydrogen-bond donors (Lipinski definition) is 2. The summed E-state index contributed by atoms with van der Waals surface area (Å²) in [7, 11) is 2.04. The van der Waals surface area contributed by atoms with Crippen molar-refractivity contribution >= 4 is 11.6 Å². The van der Waals surface area contributed by atoms with Crippen LogP contribution in [0.4, 0.5) is 11.6 Å². The zero-order valence-electron chi connectivity index (χ0n) is 11.1. The van der Waals surface area contributed by atoms with E-state index in [-0.39, 0.29) is 0 Å². The van der Waals surface area contributed by atoms with Crippen LogP contribution in [0.1, 0.15) is 25.7 Å². The van der Waals surface area contributed by atoms with E-state index in [9.17, 15) is 0 Å². The molecule has 1 aromatic heterocycles. The summed E-state index contributed by atoms with van der Waals surface area (Å²) in [5.74, 6) is 2.71. The second-order valence-corrected chi connectivity index (χ2v) is 5.00. The molecule has 18 heavy (non-hydrogen) atoms. The van der Waals surface area contributed by atoms with Gasteiger partial charge in [0.15, 0.2) is 0 Å². The Labute approximate surface area is 109 Å². The summed E-state index contributed by atoms with van der Waals surface area (Å²) in [6, 6.07) is 2.01. The molecule has 1 aliphatic carbocycles. The fourth-order valence-corrected chi connectivity index (χ4v) is 2.04. The Balaban J connectivity index is 1.87. The van der Waals surface area contributed by atoms with Crippen LogP contribution in [-0.2, 0) is 0 Å². The molecule has 1 saturated carbocycles. The maximum absolute atomic E-state index is 5.52. The van der Waals surface area contributed by atoms with Crippen molar-refractivity contribution in [1.29, 1.82) is 0 Å². The molecule has 1 aliphatic rings. The maximum atomic E-state index is 5.52. The lowest BCUT2D eigenvalue weighted by Gasteiger charge is -2.25. The van der Waals surface area contributed by atoms with Crippen molar-refractivity contribution in [1.82, 2.24) is 9.97 Å². The van der Waals surface area contributed by atoms with Crippen molar-refractivity contribution in [3.05, 3.63) is 12.4 Å². The van der Waals surface area contributed by atoms with Crippen LogP contribution in [0.15, 0.2) is 12.4 Å². The number of aromatic nitrogens is 2. The molecule has 1 aromatic rings. The van der Waals surface area contributed by atoms with Gasteiger partial charge in [-0.1, -0.05) is 6.42 Å². The molecule has 0 atom stereocenters. The quantitative estimate of drug-likeness (QED) is 0.766. The average Bonchev–Trinajstić information content (AvgIpc) is 2.34. The third kappa shape index (κ3) is 3.57. The van der Waals surface area contributed by atoms with Crippen LogP contribution in [0.3, 0.4) is 0 Å². The van der Waals surface area contributed by atoms with Gasteiger partial charge >= 0.3 is 0 Å². The van der Waals surface area contributed by atoms with E-state index in [0.29, 0.717) is 6.54 Å². The van der Waals surface area contributed by atoms with E-state index in [1.165, 1.54) is 19.3 Å². The predicted molar refractivity (Wildman–Crippen MR) is 74.8 cm³/mol. The van der Waals surface area contributed by atoms with Crippen molar-refractivity contribution in [3.8, 4) is 0 Å². The summed E-state index contributed by atoms with van der Waals surface area (Å²) >= 11 is 0. The largest absolute Gasteiger partial charge is 0.370 e. The van der Waals surface area contributed by atoms with E-state index in [1.807, 2.05) is 13.1 Å². The van der Waals surface area contributed by atoms with E-state index in [0.717, 1.165) is 37.1 Å². The molecular weight excluding hydrogens is 226 g/mol. The molecule has 2 rings (SSSR count). The van der Waals surface area contributed by atoms with Gasteiger partial charge in [0.1, 0.15) is 18.0 Å². The van der Waals surface area contributed by atoms with Gasteiger partial charge in [0.05, 0.1) is 0 Å².